The van der Waals surface area contributed by atoms with E-state index in [1.165, 1.54) is 0 Å². The van der Waals surface area contributed by atoms with Crippen molar-refractivity contribution < 1.29 is 14.1 Å². The summed E-state index contributed by atoms with van der Waals surface area (Å²) >= 11 is 0. The molecule has 7 nitrogen and oxygen atoms in total. The molecule has 178 valence electrons. The van der Waals surface area contributed by atoms with Crippen LogP contribution in [0, 0.1) is 0 Å². The third-order valence-corrected chi connectivity index (χ3v) is 5.34. The predicted molar refractivity (Wildman–Crippen MR) is 138 cm³/mol. The largest absolute Gasteiger partial charge is 0.359 e. The lowest BCUT2D eigenvalue weighted by molar-refractivity contribution is -0.115. The Morgan fingerprint density at radius 2 is 1.37 bits per heavy atom. The van der Waals surface area contributed by atoms with Gasteiger partial charge in [-0.2, -0.15) is 0 Å². The van der Waals surface area contributed by atoms with Crippen LogP contribution >= 0.6 is 0 Å². The number of carbonyl (C=O) groups excluding carboxylic acids is 2. The fraction of sp³-hybridized carbons (Fsp3) is 0.179. The van der Waals surface area contributed by atoms with E-state index in [2.05, 4.69) is 33.2 Å². The van der Waals surface area contributed by atoms with E-state index in [9.17, 15) is 9.59 Å². The summed E-state index contributed by atoms with van der Waals surface area (Å²) < 4.78 is 5.27. The van der Waals surface area contributed by atoms with Crippen LogP contribution in [0.4, 0.5) is 22.0 Å². The first-order valence-electron chi connectivity index (χ1n) is 11.4. The molecule has 0 spiro atoms. The maximum absolute atomic E-state index is 12.5. The fourth-order valence-electron chi connectivity index (χ4n) is 3.44. The zero-order chi connectivity index (χ0) is 24.8. The normalized spacial score (nSPS) is 11.1. The van der Waals surface area contributed by atoms with Gasteiger partial charge in [-0.15, -0.1) is 0 Å². The molecule has 0 unspecified atom stereocenters. The van der Waals surface area contributed by atoms with Crippen molar-refractivity contribution in [2.45, 2.75) is 32.6 Å². The maximum Gasteiger partial charge on any atom is 0.324 e. The molecule has 35 heavy (non-hydrogen) atoms. The number of anilines is 3. The SMILES string of the molecule is CC(C)(C)c1cc(NC(=O)Nc2ccc(NC(=O)Cc3ccc(-c4ccccc4)cc3)cc2)no1. The molecule has 0 aliphatic carbocycles. The zero-order valence-corrected chi connectivity index (χ0v) is 20.0. The Kier molecular flexibility index (Phi) is 6.96. The molecule has 0 aliphatic rings. The van der Waals surface area contributed by atoms with Crippen molar-refractivity contribution in [3.05, 3.63) is 96.3 Å². The van der Waals surface area contributed by atoms with Crippen molar-refractivity contribution in [1.29, 1.82) is 0 Å². The van der Waals surface area contributed by atoms with Gasteiger partial charge in [-0.3, -0.25) is 10.1 Å². The van der Waals surface area contributed by atoms with Crippen molar-refractivity contribution in [3.63, 3.8) is 0 Å². The van der Waals surface area contributed by atoms with Gasteiger partial charge in [-0.25, -0.2) is 4.79 Å². The lowest BCUT2D eigenvalue weighted by atomic mass is 9.93. The second-order valence-corrected chi connectivity index (χ2v) is 9.27. The molecule has 3 aromatic carbocycles. The number of urea groups is 1. The van der Waals surface area contributed by atoms with Gasteiger partial charge in [0, 0.05) is 22.9 Å². The van der Waals surface area contributed by atoms with E-state index in [0.717, 1.165) is 16.7 Å². The molecule has 1 heterocycles. The summed E-state index contributed by atoms with van der Waals surface area (Å²) in [4.78, 5) is 24.7. The van der Waals surface area contributed by atoms with Gasteiger partial charge in [0.2, 0.25) is 5.91 Å². The van der Waals surface area contributed by atoms with Gasteiger partial charge in [-0.05, 0) is 41.0 Å². The first-order valence-corrected chi connectivity index (χ1v) is 11.4. The molecule has 4 aromatic rings. The smallest absolute Gasteiger partial charge is 0.324 e. The molecular formula is C28H28N4O3. The molecule has 0 fully saturated rings. The van der Waals surface area contributed by atoms with Crippen molar-refractivity contribution in [3.8, 4) is 11.1 Å². The van der Waals surface area contributed by atoms with Crippen LogP contribution in [-0.2, 0) is 16.6 Å². The number of carbonyl (C=O) groups is 2. The Morgan fingerprint density at radius 1 is 0.771 bits per heavy atom. The average Bonchev–Trinajstić information content (AvgIpc) is 3.30. The van der Waals surface area contributed by atoms with Gasteiger partial charge in [-0.1, -0.05) is 80.5 Å². The number of aromatic nitrogens is 1. The van der Waals surface area contributed by atoms with Crippen LogP contribution in [0.1, 0.15) is 32.1 Å². The van der Waals surface area contributed by atoms with E-state index in [4.69, 9.17) is 4.52 Å². The van der Waals surface area contributed by atoms with Gasteiger partial charge in [0.25, 0.3) is 0 Å². The third-order valence-electron chi connectivity index (χ3n) is 5.34. The van der Waals surface area contributed by atoms with E-state index in [1.54, 1.807) is 30.3 Å². The number of hydrogen-bond acceptors (Lipinski definition) is 4. The Hall–Kier alpha value is -4.39. The number of benzene rings is 3. The lowest BCUT2D eigenvalue weighted by Gasteiger charge is -2.12. The predicted octanol–water partition coefficient (Wildman–Crippen LogP) is 6.46. The van der Waals surface area contributed by atoms with E-state index in [0.29, 0.717) is 23.0 Å². The van der Waals surface area contributed by atoms with Crippen LogP contribution in [0.15, 0.2) is 89.5 Å². The van der Waals surface area contributed by atoms with Gasteiger partial charge < -0.3 is 15.2 Å². The molecule has 4 rings (SSSR count). The summed E-state index contributed by atoms with van der Waals surface area (Å²) in [6.07, 6.45) is 0.270. The lowest BCUT2D eigenvalue weighted by Crippen LogP contribution is -2.19. The van der Waals surface area contributed by atoms with E-state index < -0.39 is 6.03 Å². The minimum atomic E-state index is -0.436. The highest BCUT2D eigenvalue weighted by Gasteiger charge is 2.20. The third kappa shape index (κ3) is 6.57. The van der Waals surface area contributed by atoms with Crippen LogP contribution in [0.3, 0.4) is 0 Å². The van der Waals surface area contributed by atoms with Crippen molar-refractivity contribution in [2.24, 2.45) is 0 Å². The highest BCUT2D eigenvalue weighted by Crippen LogP contribution is 2.24. The minimum Gasteiger partial charge on any atom is -0.359 e. The van der Waals surface area contributed by atoms with Crippen LogP contribution < -0.4 is 16.0 Å². The summed E-state index contributed by atoms with van der Waals surface area (Å²) in [6.45, 7) is 6.00. The Bertz CT molecular complexity index is 1290. The first-order chi connectivity index (χ1) is 16.8. The van der Waals surface area contributed by atoms with Crippen molar-refractivity contribution in [1.82, 2.24) is 5.16 Å². The van der Waals surface area contributed by atoms with Crippen LogP contribution in [0.2, 0.25) is 0 Å². The second-order valence-electron chi connectivity index (χ2n) is 9.27. The van der Waals surface area contributed by atoms with Crippen LogP contribution in [-0.4, -0.2) is 17.1 Å². The Balaban J connectivity index is 1.27. The molecule has 0 atom stereocenters. The fourth-order valence-corrected chi connectivity index (χ4v) is 3.44. The summed E-state index contributed by atoms with van der Waals surface area (Å²) in [6, 6.07) is 26.2. The summed E-state index contributed by atoms with van der Waals surface area (Å²) in [5, 5.41) is 12.1. The summed E-state index contributed by atoms with van der Waals surface area (Å²) in [5.74, 6) is 0.907. The molecule has 1 aromatic heterocycles. The number of rotatable bonds is 6. The highest BCUT2D eigenvalue weighted by atomic mass is 16.5. The van der Waals surface area contributed by atoms with Crippen LogP contribution in [0.25, 0.3) is 11.1 Å². The van der Waals surface area contributed by atoms with Gasteiger partial charge in [0.05, 0.1) is 6.42 Å². The molecule has 0 saturated heterocycles. The number of nitrogens with one attached hydrogen (secondary N) is 3. The number of nitrogens with zero attached hydrogens (tertiary/aromatic N) is 1. The van der Waals surface area contributed by atoms with E-state index in [1.807, 2.05) is 63.2 Å². The number of hydrogen-bond donors (Lipinski definition) is 3. The Labute approximate surface area is 204 Å². The second kappa shape index (κ2) is 10.3. The molecule has 3 N–H and O–H groups in total. The standard InChI is InChI=1S/C28H28N4O3/c1-28(2,3)24-18-25(32-35-24)31-27(34)30-23-15-13-22(14-16-23)29-26(33)17-19-9-11-21(12-10-19)20-7-5-4-6-8-20/h4-16,18H,17H2,1-3H3,(H,29,33)(H2,30,31,32,34). The molecule has 0 aliphatic heterocycles. The zero-order valence-electron chi connectivity index (χ0n) is 20.0. The molecular weight excluding hydrogens is 440 g/mol. The van der Waals surface area contributed by atoms with Crippen molar-refractivity contribution in [2.75, 3.05) is 16.0 Å². The van der Waals surface area contributed by atoms with Crippen molar-refractivity contribution >= 4 is 29.1 Å². The van der Waals surface area contributed by atoms with Gasteiger partial charge >= 0.3 is 6.03 Å². The monoisotopic (exact) mass is 468 g/mol. The average molecular weight is 469 g/mol. The maximum atomic E-state index is 12.5. The molecule has 7 heteroatoms. The molecule has 3 amide bonds. The minimum absolute atomic E-state index is 0.114. The molecule has 0 radical (unpaired) electrons. The topological polar surface area (TPSA) is 96.3 Å². The van der Waals surface area contributed by atoms with E-state index in [-0.39, 0.29) is 17.7 Å². The van der Waals surface area contributed by atoms with Gasteiger partial charge in [0.15, 0.2) is 5.82 Å². The summed E-state index contributed by atoms with van der Waals surface area (Å²) in [7, 11) is 0. The van der Waals surface area contributed by atoms with Gasteiger partial charge in [0.1, 0.15) is 5.76 Å². The van der Waals surface area contributed by atoms with E-state index >= 15 is 0 Å². The summed E-state index contributed by atoms with van der Waals surface area (Å²) in [5.41, 5.74) is 4.21. The first kappa shape index (κ1) is 23.8. The highest BCUT2D eigenvalue weighted by molar-refractivity contribution is 5.99. The molecule has 0 bridgehead atoms. The Morgan fingerprint density at radius 3 is 1.97 bits per heavy atom. The quantitative estimate of drug-likeness (QED) is 0.302. The number of amides is 3. The molecule has 0 saturated carbocycles. The van der Waals surface area contributed by atoms with Crippen LogP contribution in [0.5, 0.6) is 0 Å².